The van der Waals surface area contributed by atoms with Gasteiger partial charge in [0.2, 0.25) is 0 Å². The van der Waals surface area contributed by atoms with Crippen molar-refractivity contribution in [1.82, 2.24) is 10.2 Å². The third-order valence-corrected chi connectivity index (χ3v) is 1.90. The van der Waals surface area contributed by atoms with Crippen molar-refractivity contribution in [3.63, 3.8) is 0 Å². The maximum absolute atomic E-state index is 8.89. The number of aromatic amines is 1. The zero-order valence-electron chi connectivity index (χ0n) is 6.36. The first-order valence-corrected chi connectivity index (χ1v) is 3.69. The number of H-pyrrole nitrogens is 1. The Morgan fingerprint density at radius 3 is 3.08 bits per heavy atom. The summed E-state index contributed by atoms with van der Waals surface area (Å²) in [6, 6.07) is 0. The average Bonchev–Trinajstić information content (AvgIpc) is 2.47. The van der Waals surface area contributed by atoms with Gasteiger partial charge in [-0.2, -0.15) is 5.10 Å². The molecule has 0 aliphatic carbocycles. The van der Waals surface area contributed by atoms with Crippen molar-refractivity contribution in [2.75, 3.05) is 0 Å². The number of aliphatic hydroxyl groups is 2. The topological polar surface area (TPSA) is 81.5 Å². The SMILES string of the molecule is OC(O)c1n[nH]c2c1CN=CC2. The van der Waals surface area contributed by atoms with Gasteiger partial charge in [-0.15, -0.1) is 0 Å². The van der Waals surface area contributed by atoms with Gasteiger partial charge in [-0.1, -0.05) is 0 Å². The molecule has 0 unspecified atom stereocenters. The number of nitrogens with zero attached hydrogens (tertiary/aromatic N) is 2. The van der Waals surface area contributed by atoms with Gasteiger partial charge in [0.15, 0.2) is 6.29 Å². The van der Waals surface area contributed by atoms with Crippen molar-refractivity contribution in [1.29, 1.82) is 0 Å². The minimum Gasteiger partial charge on any atom is -0.363 e. The molecule has 5 nitrogen and oxygen atoms in total. The largest absolute Gasteiger partial charge is 0.363 e. The lowest BCUT2D eigenvalue weighted by Gasteiger charge is -2.06. The predicted molar refractivity (Wildman–Crippen MR) is 41.7 cm³/mol. The minimum absolute atomic E-state index is 0.293. The van der Waals surface area contributed by atoms with Crippen LogP contribution in [-0.2, 0) is 13.0 Å². The summed E-state index contributed by atoms with van der Waals surface area (Å²) >= 11 is 0. The van der Waals surface area contributed by atoms with Gasteiger partial charge >= 0.3 is 0 Å². The molecule has 64 valence electrons. The van der Waals surface area contributed by atoms with Crippen molar-refractivity contribution >= 4 is 6.21 Å². The normalized spacial score (nSPS) is 15.2. The lowest BCUT2D eigenvalue weighted by Crippen LogP contribution is -2.04. The Bertz CT molecular complexity index is 316. The number of nitrogens with one attached hydrogen (secondary N) is 1. The molecule has 0 radical (unpaired) electrons. The Morgan fingerprint density at radius 1 is 1.50 bits per heavy atom. The molecular weight excluding hydrogens is 158 g/mol. The van der Waals surface area contributed by atoms with Gasteiger partial charge in [0.1, 0.15) is 5.69 Å². The maximum atomic E-state index is 8.89. The maximum Gasteiger partial charge on any atom is 0.198 e. The molecule has 2 heterocycles. The van der Waals surface area contributed by atoms with Crippen LogP contribution in [0, 0.1) is 0 Å². The molecule has 1 aromatic heterocycles. The molecule has 5 heteroatoms. The molecule has 1 aromatic rings. The molecule has 0 fully saturated rings. The summed E-state index contributed by atoms with van der Waals surface area (Å²) in [5.41, 5.74) is 2.03. The Balaban J connectivity index is 2.41. The first-order valence-electron chi connectivity index (χ1n) is 3.69. The molecule has 0 aromatic carbocycles. The molecule has 3 N–H and O–H groups in total. The fourth-order valence-electron chi connectivity index (χ4n) is 1.29. The van der Waals surface area contributed by atoms with Crippen molar-refractivity contribution < 1.29 is 10.2 Å². The highest BCUT2D eigenvalue weighted by Crippen LogP contribution is 2.20. The average molecular weight is 167 g/mol. The van der Waals surface area contributed by atoms with Crippen LogP contribution < -0.4 is 0 Å². The van der Waals surface area contributed by atoms with Crippen LogP contribution in [0.3, 0.4) is 0 Å². The van der Waals surface area contributed by atoms with E-state index >= 15 is 0 Å². The van der Waals surface area contributed by atoms with Crippen LogP contribution in [0.1, 0.15) is 23.2 Å². The highest BCUT2D eigenvalue weighted by atomic mass is 16.5. The Hall–Kier alpha value is -1.20. The Kier molecular flexibility index (Phi) is 1.67. The number of aliphatic hydroxyl groups excluding tert-OH is 1. The summed E-state index contributed by atoms with van der Waals surface area (Å²) in [5.74, 6) is 0. The van der Waals surface area contributed by atoms with Crippen LogP contribution in [0.5, 0.6) is 0 Å². The van der Waals surface area contributed by atoms with E-state index in [1.165, 1.54) is 0 Å². The van der Waals surface area contributed by atoms with Crippen molar-refractivity contribution in [3.05, 3.63) is 17.0 Å². The first kappa shape index (κ1) is 7.45. The number of hydrogen-bond donors (Lipinski definition) is 3. The van der Waals surface area contributed by atoms with Gasteiger partial charge in [-0.05, 0) is 0 Å². The van der Waals surface area contributed by atoms with E-state index < -0.39 is 6.29 Å². The van der Waals surface area contributed by atoms with E-state index in [2.05, 4.69) is 15.2 Å². The van der Waals surface area contributed by atoms with E-state index in [1.54, 1.807) is 6.21 Å². The fourth-order valence-corrected chi connectivity index (χ4v) is 1.29. The molecule has 0 amide bonds. The Morgan fingerprint density at radius 2 is 2.33 bits per heavy atom. The molecule has 0 atom stereocenters. The molecule has 2 rings (SSSR count). The van der Waals surface area contributed by atoms with Crippen molar-refractivity contribution in [2.24, 2.45) is 4.99 Å². The summed E-state index contributed by atoms with van der Waals surface area (Å²) in [7, 11) is 0. The second-order valence-corrected chi connectivity index (χ2v) is 2.67. The van der Waals surface area contributed by atoms with E-state index in [9.17, 15) is 0 Å². The van der Waals surface area contributed by atoms with E-state index in [1.807, 2.05) is 0 Å². The van der Waals surface area contributed by atoms with E-state index in [-0.39, 0.29) is 0 Å². The third kappa shape index (κ3) is 1.03. The number of aromatic nitrogens is 2. The van der Waals surface area contributed by atoms with E-state index in [0.717, 1.165) is 11.3 Å². The molecule has 0 saturated carbocycles. The molecule has 0 saturated heterocycles. The number of hydrogen-bond acceptors (Lipinski definition) is 4. The highest BCUT2D eigenvalue weighted by Gasteiger charge is 2.18. The zero-order chi connectivity index (χ0) is 8.55. The van der Waals surface area contributed by atoms with Gasteiger partial charge in [-0.25, -0.2) is 0 Å². The second kappa shape index (κ2) is 2.69. The van der Waals surface area contributed by atoms with Gasteiger partial charge in [0.05, 0.1) is 6.54 Å². The molecule has 0 spiro atoms. The van der Waals surface area contributed by atoms with Crippen LogP contribution in [0.4, 0.5) is 0 Å². The number of fused-ring (bicyclic) bond motifs is 1. The molecule has 0 bridgehead atoms. The monoisotopic (exact) mass is 167 g/mol. The summed E-state index contributed by atoms with van der Waals surface area (Å²) in [6.45, 7) is 0.485. The lowest BCUT2D eigenvalue weighted by atomic mass is 10.1. The van der Waals surface area contributed by atoms with Crippen molar-refractivity contribution in [2.45, 2.75) is 19.3 Å². The number of rotatable bonds is 1. The second-order valence-electron chi connectivity index (χ2n) is 2.67. The summed E-state index contributed by atoms with van der Waals surface area (Å²) in [5, 5.41) is 24.3. The van der Waals surface area contributed by atoms with Crippen LogP contribution in [0.2, 0.25) is 0 Å². The van der Waals surface area contributed by atoms with E-state index in [0.29, 0.717) is 18.7 Å². The van der Waals surface area contributed by atoms with Crippen molar-refractivity contribution in [3.8, 4) is 0 Å². The molecule has 1 aliphatic rings. The fraction of sp³-hybridized carbons (Fsp3) is 0.429. The van der Waals surface area contributed by atoms with Gasteiger partial charge < -0.3 is 10.2 Å². The third-order valence-electron chi connectivity index (χ3n) is 1.90. The van der Waals surface area contributed by atoms with Gasteiger partial charge in [0, 0.05) is 23.9 Å². The Labute approximate surface area is 68.8 Å². The molecule has 1 aliphatic heterocycles. The summed E-state index contributed by atoms with van der Waals surface area (Å²) < 4.78 is 0. The summed E-state index contributed by atoms with van der Waals surface area (Å²) in [4.78, 5) is 4.03. The predicted octanol–water partition coefficient (Wildman–Crippen LogP) is -0.480. The van der Waals surface area contributed by atoms with Gasteiger partial charge in [-0.3, -0.25) is 10.1 Å². The van der Waals surface area contributed by atoms with Crippen LogP contribution in [-0.4, -0.2) is 26.6 Å². The minimum atomic E-state index is -1.50. The van der Waals surface area contributed by atoms with Crippen LogP contribution in [0.15, 0.2) is 4.99 Å². The lowest BCUT2D eigenvalue weighted by molar-refractivity contribution is -0.0464. The number of aliphatic imine (C=N–C) groups is 1. The zero-order valence-corrected chi connectivity index (χ0v) is 6.36. The van der Waals surface area contributed by atoms with Crippen LogP contribution in [0.25, 0.3) is 0 Å². The molecular formula is C7H9N3O2. The molecule has 12 heavy (non-hydrogen) atoms. The quantitative estimate of drug-likeness (QED) is 0.494. The van der Waals surface area contributed by atoms with Crippen LogP contribution >= 0.6 is 0 Å². The highest BCUT2D eigenvalue weighted by molar-refractivity contribution is 5.63. The smallest absolute Gasteiger partial charge is 0.198 e. The first-order chi connectivity index (χ1) is 5.79. The van der Waals surface area contributed by atoms with E-state index in [4.69, 9.17) is 10.2 Å². The summed E-state index contributed by atoms with van der Waals surface area (Å²) in [6.07, 6.45) is 0.974. The van der Waals surface area contributed by atoms with Gasteiger partial charge in [0.25, 0.3) is 0 Å². The standard InChI is InChI=1S/C7H9N3O2/c11-7(12)6-4-3-8-2-1-5(4)9-10-6/h2,7,11-12H,1,3H2,(H,9,10).